The summed E-state index contributed by atoms with van der Waals surface area (Å²) in [6.07, 6.45) is 0. The van der Waals surface area contributed by atoms with Crippen LogP contribution in [0.5, 0.6) is 11.5 Å². The Balaban J connectivity index is 1.76. The average molecular weight is 409 g/mol. The predicted octanol–water partition coefficient (Wildman–Crippen LogP) is 7.86. The maximum absolute atomic E-state index is 6.48. The van der Waals surface area contributed by atoms with Crippen molar-refractivity contribution in [2.45, 2.75) is 0 Å². The van der Waals surface area contributed by atoms with Gasteiger partial charge in [-0.3, -0.25) is 9.47 Å². The van der Waals surface area contributed by atoms with E-state index in [1.165, 1.54) is 0 Å². The van der Waals surface area contributed by atoms with Crippen LogP contribution < -0.4 is 9.64 Å². The number of fused-ring (bicyclic) bond motifs is 4. The number of hydrogen-bond donors (Lipinski definition) is 0. The van der Waals surface area contributed by atoms with Crippen molar-refractivity contribution in [1.29, 1.82) is 0 Å². The smallest absolute Gasteiger partial charge is 0.178 e. The van der Waals surface area contributed by atoms with Crippen molar-refractivity contribution in [2.24, 2.45) is 0 Å². The Kier molecular flexibility index (Phi) is 3.83. The van der Waals surface area contributed by atoms with E-state index in [-0.39, 0.29) is 0 Å². The molecular weight excluding hydrogens is 392 g/mol. The van der Waals surface area contributed by atoms with Crippen molar-refractivity contribution < 1.29 is 4.74 Å². The Labute approximate surface area is 179 Å². The number of nitrogens with zero attached hydrogens (tertiary/aromatic N) is 2. The number of anilines is 3. The summed E-state index contributed by atoms with van der Waals surface area (Å²) in [5, 5.41) is 1.71. The quantitative estimate of drug-likeness (QED) is 0.290. The van der Waals surface area contributed by atoms with E-state index in [1.54, 1.807) is 0 Å². The topological polar surface area (TPSA) is 17.4 Å². The van der Waals surface area contributed by atoms with Crippen LogP contribution in [0.25, 0.3) is 16.6 Å². The Morgan fingerprint density at radius 3 is 2.10 bits per heavy atom. The Hall–Kier alpha value is -3.69. The molecule has 144 valence electrons. The predicted molar refractivity (Wildman–Crippen MR) is 123 cm³/mol. The molecule has 1 aliphatic rings. The van der Waals surface area contributed by atoms with Gasteiger partial charge in [-0.15, -0.1) is 0 Å². The number of hydrogen-bond acceptors (Lipinski definition) is 2. The molecule has 30 heavy (non-hydrogen) atoms. The molecule has 1 aliphatic heterocycles. The highest BCUT2D eigenvalue weighted by molar-refractivity contribution is 6.31. The second-order valence-corrected chi connectivity index (χ2v) is 7.66. The number of ether oxygens (including phenoxy) is 1. The third-order valence-electron chi connectivity index (χ3n) is 5.42. The minimum atomic E-state index is 0.693. The third-order valence-corrected chi connectivity index (χ3v) is 5.65. The Bertz CT molecular complexity index is 1380. The second-order valence-electron chi connectivity index (χ2n) is 7.23. The molecule has 4 heteroatoms. The first-order valence-electron chi connectivity index (χ1n) is 9.83. The number of rotatable bonds is 2. The molecule has 1 aromatic heterocycles. The maximum atomic E-state index is 6.48. The molecule has 0 bridgehead atoms. The van der Waals surface area contributed by atoms with Crippen LogP contribution in [0.2, 0.25) is 5.02 Å². The first-order valence-corrected chi connectivity index (χ1v) is 10.2. The van der Waals surface area contributed by atoms with Crippen molar-refractivity contribution in [3.8, 4) is 17.2 Å². The fourth-order valence-electron chi connectivity index (χ4n) is 4.15. The van der Waals surface area contributed by atoms with Gasteiger partial charge < -0.3 is 4.74 Å². The van der Waals surface area contributed by atoms with Gasteiger partial charge in [0.2, 0.25) is 0 Å². The van der Waals surface area contributed by atoms with Gasteiger partial charge in [0.25, 0.3) is 0 Å². The van der Waals surface area contributed by atoms with E-state index in [1.807, 2.05) is 60.7 Å². The lowest BCUT2D eigenvalue weighted by Gasteiger charge is -2.32. The lowest BCUT2D eigenvalue weighted by Crippen LogP contribution is -2.18. The van der Waals surface area contributed by atoms with Crippen LogP contribution in [0.4, 0.5) is 17.2 Å². The third kappa shape index (κ3) is 2.53. The first kappa shape index (κ1) is 17.2. The molecule has 3 nitrogen and oxygen atoms in total. The number of aromatic nitrogens is 1. The maximum Gasteiger partial charge on any atom is 0.178 e. The molecule has 4 aromatic carbocycles. The summed E-state index contributed by atoms with van der Waals surface area (Å²) in [7, 11) is 0. The van der Waals surface area contributed by atoms with Gasteiger partial charge in [-0.1, -0.05) is 60.1 Å². The molecule has 0 aliphatic carbocycles. The molecule has 0 spiro atoms. The van der Waals surface area contributed by atoms with Crippen LogP contribution in [0.3, 0.4) is 0 Å². The van der Waals surface area contributed by atoms with E-state index in [2.05, 4.69) is 51.9 Å². The summed E-state index contributed by atoms with van der Waals surface area (Å²) in [6.45, 7) is 0. The lowest BCUT2D eigenvalue weighted by atomic mass is 10.1. The minimum absolute atomic E-state index is 0.693. The fourth-order valence-corrected chi connectivity index (χ4v) is 4.32. The highest BCUT2D eigenvalue weighted by atomic mass is 35.5. The second kappa shape index (κ2) is 6.68. The van der Waals surface area contributed by atoms with Crippen LogP contribution in [0.1, 0.15) is 0 Å². The molecule has 0 amide bonds. The molecular formula is C26H17ClN2O. The first-order chi connectivity index (χ1) is 14.8. The minimum Gasteiger partial charge on any atom is -0.451 e. The zero-order valence-electron chi connectivity index (χ0n) is 16.0. The number of halogens is 1. The van der Waals surface area contributed by atoms with Gasteiger partial charge in [-0.2, -0.15) is 0 Å². The highest BCUT2D eigenvalue weighted by Gasteiger charge is 2.32. The highest BCUT2D eigenvalue weighted by Crippen LogP contribution is 2.55. The fraction of sp³-hybridized carbons (Fsp3) is 0. The van der Waals surface area contributed by atoms with Gasteiger partial charge in [0, 0.05) is 21.8 Å². The molecule has 2 heterocycles. The van der Waals surface area contributed by atoms with Crippen LogP contribution in [0, 0.1) is 0 Å². The Morgan fingerprint density at radius 2 is 1.33 bits per heavy atom. The SMILES string of the molecule is Clc1ccc2c3c(n(-c4ccccc4)c2c1)N(c1ccccc1)c1ccccc1O3. The zero-order valence-corrected chi connectivity index (χ0v) is 16.8. The van der Waals surface area contributed by atoms with Crippen molar-refractivity contribution in [3.05, 3.63) is 108 Å². The van der Waals surface area contributed by atoms with Crippen LogP contribution >= 0.6 is 11.6 Å². The largest absolute Gasteiger partial charge is 0.451 e. The molecule has 6 rings (SSSR count). The number of benzene rings is 4. The number of para-hydroxylation sites is 4. The normalized spacial score (nSPS) is 12.4. The average Bonchev–Trinajstić information content (AvgIpc) is 3.11. The van der Waals surface area contributed by atoms with E-state index < -0.39 is 0 Å². The van der Waals surface area contributed by atoms with Gasteiger partial charge in [0.15, 0.2) is 17.3 Å². The van der Waals surface area contributed by atoms with Gasteiger partial charge in [0.05, 0.1) is 11.2 Å². The van der Waals surface area contributed by atoms with E-state index >= 15 is 0 Å². The summed E-state index contributed by atoms with van der Waals surface area (Å²) in [4.78, 5) is 2.26. The molecule has 5 aromatic rings. The molecule has 0 unspecified atom stereocenters. The van der Waals surface area contributed by atoms with Gasteiger partial charge in [-0.25, -0.2) is 0 Å². The van der Waals surface area contributed by atoms with Crippen molar-refractivity contribution in [2.75, 3.05) is 4.90 Å². The summed E-state index contributed by atoms with van der Waals surface area (Å²) in [5.74, 6) is 2.62. The summed E-state index contributed by atoms with van der Waals surface area (Å²) >= 11 is 6.42. The van der Waals surface area contributed by atoms with Crippen LogP contribution in [0.15, 0.2) is 103 Å². The summed E-state index contributed by atoms with van der Waals surface area (Å²) in [6, 6.07) is 34.8. The standard InChI is InChI=1S/C26H17ClN2O/c27-18-15-16-21-23(17-18)29(20-11-5-2-6-12-20)26-25(21)30-24-14-8-7-13-22(24)28(26)19-9-3-1-4-10-19/h1-17H. The van der Waals surface area contributed by atoms with Gasteiger partial charge in [0.1, 0.15) is 0 Å². The van der Waals surface area contributed by atoms with Crippen LogP contribution in [-0.2, 0) is 0 Å². The van der Waals surface area contributed by atoms with Crippen LogP contribution in [-0.4, -0.2) is 4.57 Å². The molecule has 0 fully saturated rings. The monoisotopic (exact) mass is 408 g/mol. The molecule has 0 saturated heterocycles. The van der Waals surface area contributed by atoms with E-state index in [9.17, 15) is 0 Å². The Morgan fingerprint density at radius 1 is 0.667 bits per heavy atom. The van der Waals surface area contributed by atoms with E-state index in [4.69, 9.17) is 16.3 Å². The van der Waals surface area contributed by atoms with Crippen molar-refractivity contribution in [3.63, 3.8) is 0 Å². The van der Waals surface area contributed by atoms with Crippen molar-refractivity contribution >= 4 is 39.7 Å². The summed E-state index contributed by atoms with van der Waals surface area (Å²) in [5.41, 5.74) is 4.13. The molecule has 0 saturated carbocycles. The van der Waals surface area contributed by atoms with E-state index in [0.717, 1.165) is 45.3 Å². The lowest BCUT2D eigenvalue weighted by molar-refractivity contribution is 0.481. The zero-order chi connectivity index (χ0) is 20.1. The summed E-state index contributed by atoms with van der Waals surface area (Å²) < 4.78 is 8.70. The molecule has 0 radical (unpaired) electrons. The molecule has 0 N–H and O–H groups in total. The van der Waals surface area contributed by atoms with Gasteiger partial charge in [-0.05, 0) is 54.6 Å². The van der Waals surface area contributed by atoms with Crippen molar-refractivity contribution in [1.82, 2.24) is 4.57 Å². The van der Waals surface area contributed by atoms with E-state index in [0.29, 0.717) is 5.02 Å². The molecule has 0 atom stereocenters. The van der Waals surface area contributed by atoms with Gasteiger partial charge >= 0.3 is 0 Å².